The van der Waals surface area contributed by atoms with Crippen molar-refractivity contribution in [2.75, 3.05) is 0 Å². The normalized spacial score (nSPS) is 11.8. The van der Waals surface area contributed by atoms with Gasteiger partial charge in [0.05, 0.1) is 28.1 Å². The summed E-state index contributed by atoms with van der Waals surface area (Å²) >= 11 is 0. The molecule has 84 heavy (non-hydrogen) atoms. The van der Waals surface area contributed by atoms with E-state index in [1.807, 2.05) is 12.3 Å². The fourth-order valence-corrected chi connectivity index (χ4v) is 13.1. The topological polar surface area (TPSA) is 47.5 Å². The Bertz CT molecular complexity index is 4840. The molecule has 0 aliphatic carbocycles. The van der Waals surface area contributed by atoms with E-state index in [0.717, 1.165) is 70.7 Å². The molecule has 0 atom stereocenters. The molecule has 15 aromatic rings. The molecule has 0 saturated carbocycles. The van der Waals surface area contributed by atoms with Crippen molar-refractivity contribution in [1.82, 2.24) is 23.8 Å². The molecular formula is C79H61N5. The first-order valence-electron chi connectivity index (χ1n) is 29.4. The van der Waals surface area contributed by atoms with Crippen LogP contribution in [0, 0.1) is 27.7 Å². The lowest BCUT2D eigenvalue weighted by Crippen LogP contribution is -1.99. The van der Waals surface area contributed by atoms with Gasteiger partial charge in [0.15, 0.2) is 0 Å². The molecule has 0 aliphatic heterocycles. The summed E-state index contributed by atoms with van der Waals surface area (Å²) in [6.45, 7) is 8.59. The summed E-state index contributed by atoms with van der Waals surface area (Å²) in [5, 5.41) is 7.38. The number of benzene rings is 10. The Morgan fingerprint density at radius 3 is 1.29 bits per heavy atom. The summed E-state index contributed by atoms with van der Waals surface area (Å²) in [5.41, 5.74) is 28.2. The van der Waals surface area contributed by atoms with Gasteiger partial charge in [-0.1, -0.05) is 212 Å². The van der Waals surface area contributed by atoms with Gasteiger partial charge in [-0.25, -0.2) is 9.97 Å². The highest BCUT2D eigenvalue weighted by Gasteiger charge is 2.19. The molecule has 5 aromatic heterocycles. The van der Waals surface area contributed by atoms with Crippen molar-refractivity contribution >= 4 is 54.6 Å². The fourth-order valence-electron chi connectivity index (χ4n) is 13.1. The second kappa shape index (κ2) is 20.9. The van der Waals surface area contributed by atoms with Crippen molar-refractivity contribution in [3.05, 3.63) is 294 Å². The van der Waals surface area contributed by atoms with Crippen LogP contribution in [0.25, 0.3) is 122 Å². The maximum atomic E-state index is 5.10. The predicted octanol–water partition coefficient (Wildman–Crippen LogP) is 19.8. The first kappa shape index (κ1) is 50.7. The van der Waals surface area contributed by atoms with E-state index in [1.165, 1.54) is 122 Å². The van der Waals surface area contributed by atoms with E-state index in [2.05, 4.69) is 273 Å². The third-order valence-electron chi connectivity index (χ3n) is 17.7. The summed E-state index contributed by atoms with van der Waals surface area (Å²) in [4.78, 5) is 15.0. The van der Waals surface area contributed by atoms with E-state index in [9.17, 15) is 0 Å². The van der Waals surface area contributed by atoms with Crippen molar-refractivity contribution in [2.24, 2.45) is 0 Å². The van der Waals surface area contributed by atoms with Crippen molar-refractivity contribution in [3.63, 3.8) is 0 Å². The van der Waals surface area contributed by atoms with Gasteiger partial charge in [-0.05, 0) is 172 Å². The molecule has 5 nitrogen and oxygen atoms in total. The van der Waals surface area contributed by atoms with Crippen LogP contribution in [0.15, 0.2) is 249 Å². The number of hydrogen-bond acceptors (Lipinski definition) is 3. The highest BCUT2D eigenvalue weighted by molar-refractivity contribution is 6.13. The molecule has 0 amide bonds. The Morgan fingerprint density at radius 2 is 0.738 bits per heavy atom. The Hall–Kier alpha value is -10.2. The largest absolute Gasteiger partial charge is 0.296 e. The van der Waals surface area contributed by atoms with Crippen LogP contribution in [0.5, 0.6) is 0 Å². The zero-order valence-corrected chi connectivity index (χ0v) is 47.7. The number of para-hydroxylation sites is 2. The van der Waals surface area contributed by atoms with Crippen LogP contribution >= 0.6 is 0 Å². The molecule has 0 N–H and O–H groups in total. The average Bonchev–Trinajstić information content (AvgIpc) is 3.98. The van der Waals surface area contributed by atoms with Crippen molar-refractivity contribution < 1.29 is 0 Å². The van der Waals surface area contributed by atoms with E-state index in [-0.39, 0.29) is 0 Å². The summed E-state index contributed by atoms with van der Waals surface area (Å²) in [6.07, 6.45) is 5.46. The van der Waals surface area contributed by atoms with Crippen LogP contribution in [0.3, 0.4) is 0 Å². The number of imidazole rings is 2. The number of pyridine rings is 3. The summed E-state index contributed by atoms with van der Waals surface area (Å²) in [5.74, 6) is 0. The van der Waals surface area contributed by atoms with Crippen LogP contribution < -0.4 is 0 Å². The second-order valence-corrected chi connectivity index (χ2v) is 22.8. The van der Waals surface area contributed by atoms with Gasteiger partial charge in [-0.2, -0.15) is 0 Å². The quantitative estimate of drug-likeness (QED) is 0.115. The molecule has 0 saturated heterocycles. The number of aromatic nitrogens is 5. The van der Waals surface area contributed by atoms with Gasteiger partial charge in [0.1, 0.15) is 11.3 Å². The second-order valence-electron chi connectivity index (χ2n) is 22.8. The lowest BCUT2D eigenvalue weighted by molar-refractivity contribution is 0.933. The van der Waals surface area contributed by atoms with Crippen molar-refractivity contribution in [1.29, 1.82) is 0 Å². The Morgan fingerprint density at radius 1 is 0.286 bits per heavy atom. The molecule has 0 spiro atoms. The number of aryl methyl sites for hydroxylation is 8. The third-order valence-corrected chi connectivity index (χ3v) is 17.7. The number of rotatable bonds is 12. The van der Waals surface area contributed by atoms with Gasteiger partial charge >= 0.3 is 0 Å². The first-order valence-corrected chi connectivity index (χ1v) is 29.4. The molecule has 10 aromatic carbocycles. The first-order chi connectivity index (χ1) is 41.3. The smallest absolute Gasteiger partial charge is 0.145 e. The number of nitrogens with zero attached hydrogens (tertiary/aromatic N) is 5. The Kier molecular flexibility index (Phi) is 12.6. The van der Waals surface area contributed by atoms with Crippen LogP contribution in [0.2, 0.25) is 0 Å². The fraction of sp³-hybridized carbons (Fsp3) is 0.101. The van der Waals surface area contributed by atoms with E-state index < -0.39 is 0 Å². The summed E-state index contributed by atoms with van der Waals surface area (Å²) in [6, 6.07) is 89.7. The molecule has 0 fully saturated rings. The van der Waals surface area contributed by atoms with E-state index in [0.29, 0.717) is 0 Å². The van der Waals surface area contributed by atoms with Gasteiger partial charge < -0.3 is 0 Å². The minimum absolute atomic E-state index is 0.892. The van der Waals surface area contributed by atoms with Gasteiger partial charge in [0.25, 0.3) is 0 Å². The molecule has 5 heterocycles. The third kappa shape index (κ3) is 9.01. The lowest BCUT2D eigenvalue weighted by Gasteiger charge is -2.18. The molecular weight excluding hydrogens is 1020 g/mol. The Labute approximate surface area is 489 Å². The van der Waals surface area contributed by atoms with Gasteiger partial charge in [-0.3, -0.25) is 13.8 Å². The molecule has 15 rings (SSSR count). The molecule has 0 aliphatic rings. The summed E-state index contributed by atoms with van der Waals surface area (Å²) in [7, 11) is 0. The zero-order chi connectivity index (χ0) is 56.4. The molecule has 0 bridgehead atoms. The van der Waals surface area contributed by atoms with Crippen molar-refractivity contribution in [3.8, 4) is 66.9 Å². The maximum Gasteiger partial charge on any atom is 0.145 e. The molecule has 402 valence electrons. The predicted molar refractivity (Wildman–Crippen MR) is 351 cm³/mol. The standard InChI is InChI=1S/C79H61N5/c1-50-52(3)83-76-23-12-10-20-68(76)73-47-54(29-40-70(73)78(83)81-50)25-27-56-44-57(28-26-55-30-41-71-74(48-55)69-21-11-13-24-77(69)84-53(4)51(2)82-79(71)84)46-64(45-56)65-18-8-9-19-66(65)67-42-39-63(75-22-14-15-43-80-75)49-72(67)62-37-35-61(36-38-62)60-33-31-59(32-34-60)58-16-6-5-7-17-58/h5-24,29-49H,25-28H2,1-4H3. The van der Waals surface area contributed by atoms with Crippen LogP contribution in [0.1, 0.15) is 45.0 Å². The highest BCUT2D eigenvalue weighted by atomic mass is 15.0. The van der Waals surface area contributed by atoms with Gasteiger partial charge in [0, 0.05) is 44.7 Å². The SMILES string of the molecule is Cc1nc2c3ccc(CCc4cc(CCc5ccc6c(c5)c5ccccc5n5c(C)c(C)nc65)cc(-c5ccccc5-c5ccc(-c6ccccn6)cc5-c5ccc(-c6ccc(-c7ccccc7)cc6)cc5)c4)cc3c3ccccc3n2c1C. The maximum absolute atomic E-state index is 5.10. The zero-order valence-electron chi connectivity index (χ0n) is 47.7. The van der Waals surface area contributed by atoms with Gasteiger partial charge in [-0.15, -0.1) is 0 Å². The highest BCUT2D eigenvalue weighted by Crippen LogP contribution is 2.42. The molecule has 5 heteroatoms. The number of fused-ring (bicyclic) bond motifs is 12. The van der Waals surface area contributed by atoms with E-state index in [1.54, 1.807) is 0 Å². The van der Waals surface area contributed by atoms with Crippen LogP contribution in [-0.2, 0) is 25.7 Å². The molecule has 0 unspecified atom stereocenters. The van der Waals surface area contributed by atoms with Crippen LogP contribution in [-0.4, -0.2) is 23.8 Å². The minimum Gasteiger partial charge on any atom is -0.296 e. The van der Waals surface area contributed by atoms with Crippen LogP contribution in [0.4, 0.5) is 0 Å². The molecule has 0 radical (unpaired) electrons. The van der Waals surface area contributed by atoms with Gasteiger partial charge in [0.2, 0.25) is 0 Å². The van der Waals surface area contributed by atoms with E-state index >= 15 is 0 Å². The lowest BCUT2D eigenvalue weighted by atomic mass is 9.86. The number of hydrogen-bond donors (Lipinski definition) is 0. The van der Waals surface area contributed by atoms with E-state index in [4.69, 9.17) is 15.0 Å². The van der Waals surface area contributed by atoms with Crippen molar-refractivity contribution in [2.45, 2.75) is 53.4 Å². The summed E-state index contributed by atoms with van der Waals surface area (Å²) < 4.78 is 4.66. The average molecular weight is 1080 g/mol. The monoisotopic (exact) mass is 1080 g/mol. The Balaban J connectivity index is 0.821. The minimum atomic E-state index is 0.892.